The van der Waals surface area contributed by atoms with Crippen LogP contribution in [0.15, 0.2) is 30.3 Å². The van der Waals surface area contributed by atoms with Crippen LogP contribution in [-0.2, 0) is 25.6 Å². The van der Waals surface area contributed by atoms with Gasteiger partial charge in [-0.1, -0.05) is 30.3 Å². The molecule has 2 rings (SSSR count). The number of benzene rings is 1. The third-order valence-corrected chi connectivity index (χ3v) is 4.33. The molecule has 6 heteroatoms. The summed E-state index contributed by atoms with van der Waals surface area (Å²) in [6.07, 6.45) is 2.89. The molecule has 1 N–H and O–H groups in total. The zero-order valence-corrected chi connectivity index (χ0v) is 13.4. The largest absolute Gasteiger partial charge is 0.373 e. The summed E-state index contributed by atoms with van der Waals surface area (Å²) in [6, 6.07) is 10.0. The van der Waals surface area contributed by atoms with E-state index in [1.54, 1.807) is 0 Å². The first-order valence-electron chi connectivity index (χ1n) is 7.07. The second kappa shape index (κ2) is 6.87. The van der Waals surface area contributed by atoms with Crippen LogP contribution < -0.4 is 5.32 Å². The first-order chi connectivity index (χ1) is 9.92. The number of ether oxygens (including phenoxy) is 1. The van der Waals surface area contributed by atoms with E-state index in [4.69, 9.17) is 8.92 Å². The second-order valence-electron chi connectivity index (χ2n) is 5.82. The Balaban J connectivity index is 1.80. The molecule has 1 fully saturated rings. The molecule has 1 aliphatic rings. The van der Waals surface area contributed by atoms with E-state index in [-0.39, 0.29) is 18.1 Å². The van der Waals surface area contributed by atoms with Crippen LogP contribution in [0.1, 0.15) is 18.4 Å². The second-order valence-corrected chi connectivity index (χ2v) is 7.47. The number of nitrogens with one attached hydrogen (secondary N) is 1. The lowest BCUT2D eigenvalue weighted by molar-refractivity contribution is -0.101. The normalized spacial score (nSPS) is 25.5. The first kappa shape index (κ1) is 16.4. The van der Waals surface area contributed by atoms with Gasteiger partial charge < -0.3 is 10.1 Å². The minimum absolute atomic E-state index is 0.140. The van der Waals surface area contributed by atoms with Crippen LogP contribution in [-0.4, -0.2) is 41.0 Å². The third-order valence-electron chi connectivity index (χ3n) is 3.78. The fourth-order valence-corrected chi connectivity index (χ4v) is 3.20. The van der Waals surface area contributed by atoms with Gasteiger partial charge in [0, 0.05) is 12.0 Å². The predicted molar refractivity (Wildman–Crippen MR) is 81.4 cm³/mol. The molecule has 0 heterocycles. The molecule has 21 heavy (non-hydrogen) atoms. The Labute approximate surface area is 126 Å². The minimum atomic E-state index is -3.39. The zero-order valence-electron chi connectivity index (χ0n) is 12.5. The van der Waals surface area contributed by atoms with Crippen molar-refractivity contribution in [2.75, 3.05) is 26.5 Å². The average Bonchev–Trinajstić information content (AvgIpc) is 2.40. The average molecular weight is 313 g/mol. The molecule has 0 bridgehead atoms. The van der Waals surface area contributed by atoms with Crippen molar-refractivity contribution in [1.29, 1.82) is 0 Å². The van der Waals surface area contributed by atoms with Gasteiger partial charge in [-0.3, -0.25) is 4.18 Å². The Bertz CT molecular complexity index is 538. The van der Waals surface area contributed by atoms with Crippen LogP contribution in [0, 0.1) is 5.41 Å². The molecule has 1 aromatic rings. The Morgan fingerprint density at radius 1 is 1.29 bits per heavy atom. The molecule has 1 aliphatic carbocycles. The molecule has 0 saturated heterocycles. The Morgan fingerprint density at radius 2 is 1.95 bits per heavy atom. The number of hydrogen-bond donors (Lipinski definition) is 1. The Morgan fingerprint density at radius 3 is 2.52 bits per heavy atom. The molecule has 0 radical (unpaired) electrons. The summed E-state index contributed by atoms with van der Waals surface area (Å²) in [5, 5.41) is 3.11. The van der Waals surface area contributed by atoms with Crippen molar-refractivity contribution in [2.24, 2.45) is 5.41 Å². The van der Waals surface area contributed by atoms with Gasteiger partial charge in [0.2, 0.25) is 0 Å². The van der Waals surface area contributed by atoms with E-state index in [0.29, 0.717) is 6.61 Å². The van der Waals surface area contributed by atoms with Crippen molar-refractivity contribution in [3.63, 3.8) is 0 Å². The van der Waals surface area contributed by atoms with Gasteiger partial charge in [0.05, 0.1) is 25.6 Å². The quantitative estimate of drug-likeness (QED) is 0.738. The van der Waals surface area contributed by atoms with Gasteiger partial charge >= 0.3 is 0 Å². The van der Waals surface area contributed by atoms with Crippen molar-refractivity contribution in [2.45, 2.75) is 25.6 Å². The Hall–Kier alpha value is -0.950. The first-order valence-corrected chi connectivity index (χ1v) is 8.89. The van der Waals surface area contributed by atoms with Crippen molar-refractivity contribution in [3.8, 4) is 0 Å². The maximum atomic E-state index is 11.1. The standard InChI is InChI=1S/C15H23NO4S/c1-16-11-15(12-20-21(2,17)18)8-14(9-15)19-10-13-6-4-3-5-7-13/h3-7,14,16H,8-12H2,1-2H3. The lowest BCUT2D eigenvalue weighted by Gasteiger charge is -2.46. The summed E-state index contributed by atoms with van der Waals surface area (Å²) in [5.41, 5.74) is 1.01. The molecule has 0 aromatic heterocycles. The van der Waals surface area contributed by atoms with Crippen molar-refractivity contribution >= 4 is 10.1 Å². The van der Waals surface area contributed by atoms with E-state index in [2.05, 4.69) is 5.32 Å². The SMILES string of the molecule is CNCC1(COS(C)(=O)=O)CC(OCc2ccccc2)C1. The molecule has 0 amide bonds. The Kier molecular flexibility index (Phi) is 5.37. The summed E-state index contributed by atoms with van der Waals surface area (Å²) < 4.78 is 33.1. The van der Waals surface area contributed by atoms with Crippen molar-refractivity contribution < 1.29 is 17.3 Å². The fourth-order valence-electron chi connectivity index (χ4n) is 2.73. The number of rotatable bonds is 8. The van der Waals surface area contributed by atoms with Gasteiger partial charge in [0.25, 0.3) is 10.1 Å². The van der Waals surface area contributed by atoms with Gasteiger partial charge in [-0.25, -0.2) is 0 Å². The summed E-state index contributed by atoms with van der Waals surface area (Å²) >= 11 is 0. The molecule has 0 unspecified atom stereocenters. The molecule has 0 atom stereocenters. The molecule has 1 aromatic carbocycles. The van der Waals surface area contributed by atoms with E-state index in [1.807, 2.05) is 37.4 Å². The molecular weight excluding hydrogens is 290 g/mol. The highest BCUT2D eigenvalue weighted by atomic mass is 32.2. The van der Waals surface area contributed by atoms with Gasteiger partial charge in [-0.15, -0.1) is 0 Å². The maximum absolute atomic E-state index is 11.1. The highest BCUT2D eigenvalue weighted by molar-refractivity contribution is 7.85. The van der Waals surface area contributed by atoms with Gasteiger partial charge in [0.15, 0.2) is 0 Å². The molecule has 118 valence electrons. The van der Waals surface area contributed by atoms with E-state index < -0.39 is 10.1 Å². The van der Waals surface area contributed by atoms with E-state index in [0.717, 1.165) is 31.2 Å². The monoisotopic (exact) mass is 313 g/mol. The summed E-state index contributed by atoms with van der Waals surface area (Å²) in [5.74, 6) is 0. The van der Waals surface area contributed by atoms with Crippen molar-refractivity contribution in [3.05, 3.63) is 35.9 Å². The smallest absolute Gasteiger partial charge is 0.264 e. The van der Waals surface area contributed by atoms with E-state index >= 15 is 0 Å². The van der Waals surface area contributed by atoms with Crippen molar-refractivity contribution in [1.82, 2.24) is 5.32 Å². The lowest BCUT2D eigenvalue weighted by atomic mass is 9.67. The molecular formula is C15H23NO4S. The highest BCUT2D eigenvalue weighted by Gasteiger charge is 2.45. The lowest BCUT2D eigenvalue weighted by Crippen LogP contribution is -2.51. The van der Waals surface area contributed by atoms with E-state index in [1.165, 1.54) is 0 Å². The summed E-state index contributed by atoms with van der Waals surface area (Å²) in [7, 11) is -1.53. The van der Waals surface area contributed by atoms with Gasteiger partial charge in [0.1, 0.15) is 0 Å². The van der Waals surface area contributed by atoms with E-state index in [9.17, 15) is 8.42 Å². The van der Waals surface area contributed by atoms with Crippen LogP contribution in [0.25, 0.3) is 0 Å². The molecule has 5 nitrogen and oxygen atoms in total. The zero-order chi connectivity index (χ0) is 15.3. The van der Waals surface area contributed by atoms with Gasteiger partial charge in [-0.2, -0.15) is 8.42 Å². The summed E-state index contributed by atoms with van der Waals surface area (Å²) in [4.78, 5) is 0. The minimum Gasteiger partial charge on any atom is -0.373 e. The highest BCUT2D eigenvalue weighted by Crippen LogP contribution is 2.43. The topological polar surface area (TPSA) is 64.6 Å². The van der Waals surface area contributed by atoms with Crippen LogP contribution >= 0.6 is 0 Å². The van der Waals surface area contributed by atoms with Crippen LogP contribution in [0.3, 0.4) is 0 Å². The predicted octanol–water partition coefficient (Wildman–Crippen LogP) is 1.55. The maximum Gasteiger partial charge on any atom is 0.264 e. The van der Waals surface area contributed by atoms with Crippen LogP contribution in [0.4, 0.5) is 0 Å². The van der Waals surface area contributed by atoms with Crippen LogP contribution in [0.5, 0.6) is 0 Å². The molecule has 1 saturated carbocycles. The third kappa shape index (κ3) is 5.07. The molecule has 0 aliphatic heterocycles. The summed E-state index contributed by atoms with van der Waals surface area (Å²) in [6.45, 7) is 1.54. The van der Waals surface area contributed by atoms with Crippen LogP contribution in [0.2, 0.25) is 0 Å². The van der Waals surface area contributed by atoms with Gasteiger partial charge in [-0.05, 0) is 25.5 Å². The molecule has 0 spiro atoms. The fraction of sp³-hybridized carbons (Fsp3) is 0.600. The number of hydrogen-bond acceptors (Lipinski definition) is 5.